The predicted octanol–water partition coefficient (Wildman–Crippen LogP) is 1.77. The summed E-state index contributed by atoms with van der Waals surface area (Å²) in [7, 11) is 2.15. The Bertz CT molecular complexity index is 392. The summed E-state index contributed by atoms with van der Waals surface area (Å²) in [6, 6.07) is 0. The number of rotatable bonds is 8. The molecule has 1 aliphatic rings. The lowest BCUT2D eigenvalue weighted by atomic mass is 9.41. The highest BCUT2D eigenvalue weighted by molar-refractivity contribution is 6.47. The largest absolute Gasteiger partial charge is 0.391 e. The summed E-state index contributed by atoms with van der Waals surface area (Å²) in [5.74, 6) is 0.161. The standard InChI is InChI=1S/C16H30BN2O2/c1-7-19(8-2)13(20)10-9-11-16(12-18-16)17-14(3,4)15(5,6)21/h9,11,18,21H,7-8,10,12H2,1-6H3/b11-9-. The summed E-state index contributed by atoms with van der Waals surface area (Å²) in [4.78, 5) is 13.8. The molecule has 1 atom stereocenters. The van der Waals surface area contributed by atoms with Crippen molar-refractivity contribution in [2.45, 2.75) is 64.3 Å². The minimum atomic E-state index is -0.783. The first kappa shape index (κ1) is 18.2. The molecule has 0 aromatic rings. The van der Waals surface area contributed by atoms with Crippen molar-refractivity contribution in [1.82, 2.24) is 10.2 Å². The van der Waals surface area contributed by atoms with E-state index >= 15 is 0 Å². The summed E-state index contributed by atoms with van der Waals surface area (Å²) in [5.41, 5.74) is -0.956. The zero-order valence-electron chi connectivity index (χ0n) is 14.4. The third-order valence-corrected chi connectivity index (χ3v) is 4.60. The Hall–Kier alpha value is -0.805. The molecule has 4 nitrogen and oxygen atoms in total. The number of carbonyl (C=O) groups is 1. The number of hydrogen-bond acceptors (Lipinski definition) is 3. The maximum absolute atomic E-state index is 12.0. The molecule has 1 radical (unpaired) electrons. The van der Waals surface area contributed by atoms with Crippen LogP contribution in [0.3, 0.4) is 0 Å². The molecule has 1 saturated heterocycles. The molecule has 119 valence electrons. The average Bonchev–Trinajstić information content (AvgIpc) is 3.08. The summed E-state index contributed by atoms with van der Waals surface area (Å²) in [5, 5.41) is 13.3. The molecule has 5 heteroatoms. The molecule has 1 amide bonds. The molecule has 0 saturated carbocycles. The fraction of sp³-hybridized carbons (Fsp3) is 0.812. The lowest BCUT2D eigenvalue weighted by molar-refractivity contribution is -0.129. The molecule has 21 heavy (non-hydrogen) atoms. The highest BCUT2D eigenvalue weighted by Crippen LogP contribution is 2.41. The van der Waals surface area contributed by atoms with Gasteiger partial charge in [0.15, 0.2) is 7.28 Å². The van der Waals surface area contributed by atoms with E-state index in [-0.39, 0.29) is 16.7 Å². The molecule has 0 aromatic carbocycles. The van der Waals surface area contributed by atoms with Crippen LogP contribution in [0.15, 0.2) is 12.2 Å². The van der Waals surface area contributed by atoms with Gasteiger partial charge in [-0.2, -0.15) is 0 Å². The topological polar surface area (TPSA) is 62.5 Å². The van der Waals surface area contributed by atoms with Crippen molar-refractivity contribution in [2.75, 3.05) is 19.6 Å². The van der Waals surface area contributed by atoms with Gasteiger partial charge < -0.3 is 15.3 Å². The van der Waals surface area contributed by atoms with Crippen molar-refractivity contribution in [2.24, 2.45) is 0 Å². The van der Waals surface area contributed by atoms with Gasteiger partial charge in [0, 0.05) is 31.5 Å². The lowest BCUT2D eigenvalue weighted by Gasteiger charge is -2.38. The van der Waals surface area contributed by atoms with Gasteiger partial charge >= 0.3 is 0 Å². The Balaban J connectivity index is 2.58. The number of carbonyl (C=O) groups excluding carboxylic acids is 1. The van der Waals surface area contributed by atoms with Crippen LogP contribution in [-0.4, -0.2) is 53.9 Å². The Morgan fingerprint density at radius 2 is 1.86 bits per heavy atom. The van der Waals surface area contributed by atoms with E-state index in [0.717, 1.165) is 19.6 Å². The quantitative estimate of drug-likeness (QED) is 0.407. The van der Waals surface area contributed by atoms with Crippen LogP contribution in [0.4, 0.5) is 0 Å². The van der Waals surface area contributed by atoms with Crippen LogP contribution in [-0.2, 0) is 4.79 Å². The highest BCUT2D eigenvalue weighted by atomic mass is 16.3. The van der Waals surface area contributed by atoms with Gasteiger partial charge in [0.05, 0.1) is 5.60 Å². The molecule has 1 unspecified atom stereocenters. The zero-order chi connectivity index (χ0) is 16.3. The fourth-order valence-electron chi connectivity index (χ4n) is 2.27. The molecule has 1 aliphatic heterocycles. The first-order chi connectivity index (χ1) is 9.57. The Labute approximate surface area is 130 Å². The fourth-order valence-corrected chi connectivity index (χ4v) is 2.27. The second-order valence-corrected chi connectivity index (χ2v) is 6.99. The number of nitrogens with one attached hydrogen (secondary N) is 1. The number of amides is 1. The van der Waals surface area contributed by atoms with Crippen LogP contribution in [0.2, 0.25) is 5.31 Å². The molecule has 0 aliphatic carbocycles. The Kier molecular flexibility index (Phi) is 5.67. The van der Waals surface area contributed by atoms with Gasteiger partial charge in [-0.05, 0) is 33.0 Å². The van der Waals surface area contributed by atoms with Crippen molar-refractivity contribution >= 4 is 13.2 Å². The van der Waals surface area contributed by atoms with Gasteiger partial charge in [0.25, 0.3) is 0 Å². The molecule has 1 heterocycles. The Morgan fingerprint density at radius 1 is 1.33 bits per heavy atom. The van der Waals surface area contributed by atoms with Crippen LogP contribution < -0.4 is 5.32 Å². The van der Waals surface area contributed by atoms with E-state index in [2.05, 4.69) is 18.7 Å². The molecule has 1 fully saturated rings. The van der Waals surface area contributed by atoms with Gasteiger partial charge in [0.1, 0.15) is 0 Å². The molecular formula is C16H30BN2O2. The minimum absolute atomic E-state index is 0.161. The van der Waals surface area contributed by atoms with Crippen LogP contribution in [0.1, 0.15) is 48.0 Å². The van der Waals surface area contributed by atoms with Crippen molar-refractivity contribution < 1.29 is 9.90 Å². The molecule has 0 bridgehead atoms. The SMILES string of the molecule is CCN(CC)C(=O)C/C=C\C1([B]C(C)(C)C(C)(C)O)CN1. The van der Waals surface area contributed by atoms with E-state index in [1.54, 1.807) is 0 Å². The second-order valence-electron chi connectivity index (χ2n) is 6.99. The van der Waals surface area contributed by atoms with Crippen LogP contribution in [0.5, 0.6) is 0 Å². The second kappa shape index (κ2) is 6.53. The van der Waals surface area contributed by atoms with E-state index in [4.69, 9.17) is 0 Å². The molecule has 2 N–H and O–H groups in total. The van der Waals surface area contributed by atoms with Crippen LogP contribution in [0.25, 0.3) is 0 Å². The molecule has 0 spiro atoms. The van der Waals surface area contributed by atoms with Crippen LogP contribution in [0, 0.1) is 0 Å². The average molecular weight is 293 g/mol. The number of hydrogen-bond donors (Lipinski definition) is 2. The van der Waals surface area contributed by atoms with Gasteiger partial charge in [-0.1, -0.05) is 26.0 Å². The highest BCUT2D eigenvalue weighted by Gasteiger charge is 2.49. The first-order valence-electron chi connectivity index (χ1n) is 7.87. The van der Waals surface area contributed by atoms with Crippen molar-refractivity contribution in [3.05, 3.63) is 12.2 Å². The van der Waals surface area contributed by atoms with E-state index in [1.807, 2.05) is 52.5 Å². The van der Waals surface area contributed by atoms with Gasteiger partial charge in [0.2, 0.25) is 5.91 Å². The Morgan fingerprint density at radius 3 is 2.24 bits per heavy atom. The molecule has 0 aromatic heterocycles. The van der Waals surface area contributed by atoms with Gasteiger partial charge in [-0.3, -0.25) is 4.79 Å². The molecular weight excluding hydrogens is 263 g/mol. The van der Waals surface area contributed by atoms with Gasteiger partial charge in [-0.25, -0.2) is 0 Å². The first-order valence-corrected chi connectivity index (χ1v) is 7.87. The van der Waals surface area contributed by atoms with Crippen molar-refractivity contribution in [3.63, 3.8) is 0 Å². The van der Waals surface area contributed by atoms with E-state index in [1.165, 1.54) is 0 Å². The number of aliphatic hydroxyl groups is 1. The van der Waals surface area contributed by atoms with Gasteiger partial charge in [-0.15, -0.1) is 0 Å². The minimum Gasteiger partial charge on any atom is -0.391 e. The number of nitrogens with zero attached hydrogens (tertiary/aromatic N) is 1. The van der Waals surface area contributed by atoms with E-state index < -0.39 is 5.60 Å². The summed E-state index contributed by atoms with van der Waals surface area (Å²) >= 11 is 0. The van der Waals surface area contributed by atoms with E-state index in [0.29, 0.717) is 6.42 Å². The van der Waals surface area contributed by atoms with Crippen molar-refractivity contribution in [3.8, 4) is 0 Å². The summed E-state index contributed by atoms with van der Waals surface area (Å²) in [6.45, 7) is 14.1. The normalized spacial score (nSPS) is 22.4. The monoisotopic (exact) mass is 293 g/mol. The smallest absolute Gasteiger partial charge is 0.226 e. The third kappa shape index (κ3) is 4.85. The van der Waals surface area contributed by atoms with E-state index in [9.17, 15) is 9.90 Å². The molecule has 1 rings (SSSR count). The zero-order valence-corrected chi connectivity index (χ0v) is 14.4. The summed E-state index contributed by atoms with van der Waals surface area (Å²) < 4.78 is 0. The summed E-state index contributed by atoms with van der Waals surface area (Å²) in [6.07, 6.45) is 4.43. The van der Waals surface area contributed by atoms with Crippen LogP contribution >= 0.6 is 0 Å². The lowest BCUT2D eigenvalue weighted by Crippen LogP contribution is -2.43. The third-order valence-electron chi connectivity index (χ3n) is 4.60. The maximum atomic E-state index is 12.0. The van der Waals surface area contributed by atoms with Crippen molar-refractivity contribution in [1.29, 1.82) is 0 Å². The maximum Gasteiger partial charge on any atom is 0.226 e. The predicted molar refractivity (Wildman–Crippen MR) is 88.5 cm³/mol.